The molecule has 3 aromatic rings. The van der Waals surface area contributed by atoms with Gasteiger partial charge in [0, 0.05) is 0 Å². The van der Waals surface area contributed by atoms with Gasteiger partial charge in [0.15, 0.2) is 0 Å². The number of unbranched alkanes of at least 4 members (excludes halogenated alkanes) is 4. The number of hydrogen-bond acceptors (Lipinski definition) is 0. The van der Waals surface area contributed by atoms with E-state index in [1.54, 1.807) is 0 Å². The van der Waals surface area contributed by atoms with Gasteiger partial charge in [-0.25, -0.2) is 0 Å². The number of rotatable bonds is 11. The molecule has 0 nitrogen and oxygen atoms in total. The molecule has 0 aromatic heterocycles. The Morgan fingerprint density at radius 2 is 1.03 bits per heavy atom. The molecule has 0 radical (unpaired) electrons. The van der Waals surface area contributed by atoms with Crippen molar-refractivity contribution >= 4 is 58.1 Å². The molecular weight excluding hydrogens is 562 g/mol. The fourth-order valence-corrected chi connectivity index (χ4v) is 12.5. The van der Waals surface area contributed by atoms with E-state index < -0.39 is 4.25 Å². The molecule has 0 unspecified atom stereocenters. The third-order valence-electron chi connectivity index (χ3n) is 5.75. The van der Waals surface area contributed by atoms with E-state index in [9.17, 15) is 0 Å². The van der Waals surface area contributed by atoms with Gasteiger partial charge in [0.1, 0.15) is 0 Å². The van der Waals surface area contributed by atoms with E-state index >= 15 is 0 Å². The van der Waals surface area contributed by atoms with Crippen LogP contribution in [0.25, 0.3) is 0 Å². The minimum absolute atomic E-state index is 1.05. The Morgan fingerprint density at radius 1 is 0.600 bits per heavy atom. The van der Waals surface area contributed by atoms with Gasteiger partial charge in [0.25, 0.3) is 0 Å². The zero-order valence-electron chi connectivity index (χ0n) is 17.5. The number of hydrogen-bond donors (Lipinski definition) is 0. The Morgan fingerprint density at radius 3 is 1.47 bits per heavy atom. The Hall–Kier alpha value is -0.960. The van der Waals surface area contributed by atoms with Crippen molar-refractivity contribution < 1.29 is 0 Å². The van der Waals surface area contributed by atoms with Crippen molar-refractivity contribution in [2.24, 2.45) is 0 Å². The molecule has 0 saturated carbocycles. The van der Waals surface area contributed by atoms with E-state index in [0.717, 1.165) is 11.5 Å². The van der Waals surface area contributed by atoms with Gasteiger partial charge >= 0.3 is 205 Å². The van der Waals surface area contributed by atoms with E-state index in [1.807, 2.05) is 0 Å². The zero-order chi connectivity index (χ0) is 21.1. The second kappa shape index (κ2) is 11.6. The summed E-state index contributed by atoms with van der Waals surface area (Å²) in [4.78, 5) is 0. The van der Waals surface area contributed by atoms with Crippen molar-refractivity contribution in [1.82, 2.24) is 0 Å². The maximum atomic E-state index is 3.53. The molecule has 0 atom stereocenters. The topological polar surface area (TPSA) is 0 Å². The molecule has 3 heteroatoms. The molecule has 30 heavy (non-hydrogen) atoms. The van der Waals surface area contributed by atoms with Gasteiger partial charge in [-0.1, -0.05) is 0 Å². The summed E-state index contributed by atoms with van der Waals surface area (Å²) in [5, 5.41) is 5.47. The third kappa shape index (κ3) is 5.26. The van der Waals surface area contributed by atoms with Crippen LogP contribution < -0.4 is 15.9 Å². The van der Waals surface area contributed by atoms with Crippen molar-refractivity contribution in [3.8, 4) is 0 Å². The van der Waals surface area contributed by atoms with Crippen molar-refractivity contribution in [3.05, 3.63) is 103 Å². The molecule has 0 amide bonds. The first kappa shape index (κ1) is 23.7. The van der Waals surface area contributed by atoms with E-state index in [0.29, 0.717) is 0 Å². The van der Waals surface area contributed by atoms with E-state index in [2.05, 4.69) is 141 Å². The van der Waals surface area contributed by atoms with Gasteiger partial charge in [-0.05, 0) is 0 Å². The summed E-state index contributed by atoms with van der Waals surface area (Å²) in [6.07, 6.45) is 12.3. The summed E-state index contributed by atoms with van der Waals surface area (Å²) in [6.45, 7) is 0. The summed E-state index contributed by atoms with van der Waals surface area (Å²) >= 11 is 6.39. The second-order valence-electron chi connectivity index (χ2n) is 7.74. The van der Waals surface area contributed by atoms with E-state index in [1.165, 1.54) is 48.0 Å². The molecule has 0 N–H and O–H groups in total. The average molecular weight is 593 g/mol. The quantitative estimate of drug-likeness (QED) is 0.0701. The Kier molecular flexibility index (Phi) is 9.16. The third-order valence-corrected chi connectivity index (χ3v) is 17.5. The molecule has 3 rings (SSSR count). The first-order valence-corrected chi connectivity index (χ1v) is 17.1. The van der Waals surface area contributed by atoms with Crippen LogP contribution in [0.5, 0.6) is 0 Å². The van der Waals surface area contributed by atoms with Gasteiger partial charge in [0.05, 0.1) is 0 Å². The maximum absolute atomic E-state index is 3.53. The molecule has 0 fully saturated rings. The molecule has 0 spiro atoms. The van der Waals surface area contributed by atoms with Crippen molar-refractivity contribution in [2.75, 3.05) is 11.5 Å². The first-order valence-electron chi connectivity index (χ1n) is 10.8. The molecule has 0 aliphatic heterocycles. The van der Waals surface area contributed by atoms with Crippen LogP contribution in [0.2, 0.25) is 0 Å². The van der Waals surface area contributed by atoms with E-state index in [4.69, 9.17) is 0 Å². The van der Waals surface area contributed by atoms with Crippen LogP contribution in [0.15, 0.2) is 103 Å². The van der Waals surface area contributed by atoms with Gasteiger partial charge < -0.3 is 0 Å². The average Bonchev–Trinajstić information content (AvgIpc) is 2.82. The molecule has 3 aromatic carbocycles. The van der Waals surface area contributed by atoms with Crippen LogP contribution in [0.4, 0.5) is 0 Å². The van der Waals surface area contributed by atoms with Crippen molar-refractivity contribution in [1.29, 1.82) is 0 Å². The summed E-state index contributed by atoms with van der Waals surface area (Å²) in [6, 6.07) is 33.5. The van der Waals surface area contributed by atoms with Crippen LogP contribution in [-0.4, -0.2) is 11.5 Å². The van der Waals surface area contributed by atoms with Gasteiger partial charge in [-0.15, -0.1) is 0 Å². The summed E-state index contributed by atoms with van der Waals surface area (Å²) in [7, 11) is 0. The number of alkyl halides is 1. The standard InChI is InChI=1S/C27H31BrIP/c28-23-15-4-2-1-3-5-16-24-30(29,25-17-9-6-10-18-25,26-19-11-7-12-20-26)27-21-13-8-14-22-27/h5-14,16-22H,1-4,15,23-24H2. The number of halogens is 2. The van der Waals surface area contributed by atoms with Gasteiger partial charge in [-0.3, -0.25) is 0 Å². The summed E-state index contributed by atoms with van der Waals surface area (Å²) in [5.74, 6) is 0. The second-order valence-corrected chi connectivity index (χ2v) is 19.2. The predicted molar refractivity (Wildman–Crippen MR) is 150 cm³/mol. The fraction of sp³-hybridized carbons (Fsp3) is 0.259. The Bertz CT molecular complexity index is 810. The SMILES string of the molecule is BrCCCCCCC=CCP(I)(c1ccccc1)(c1ccccc1)c1ccccc1. The number of allylic oxidation sites excluding steroid dienone is 2. The van der Waals surface area contributed by atoms with E-state index in [-0.39, 0.29) is 0 Å². The first-order chi connectivity index (χ1) is 14.7. The van der Waals surface area contributed by atoms with Crippen LogP contribution in [0, 0.1) is 0 Å². The van der Waals surface area contributed by atoms with Crippen LogP contribution in [-0.2, 0) is 0 Å². The summed E-state index contributed by atoms with van der Waals surface area (Å²) in [5.41, 5.74) is 0. The Labute approximate surface area is 203 Å². The van der Waals surface area contributed by atoms with Gasteiger partial charge in [0.2, 0.25) is 0 Å². The fourth-order valence-electron chi connectivity index (χ4n) is 4.08. The zero-order valence-corrected chi connectivity index (χ0v) is 22.1. The molecule has 0 aliphatic carbocycles. The van der Waals surface area contributed by atoms with Crippen LogP contribution >= 0.6 is 42.2 Å². The molecule has 0 aliphatic rings. The normalized spacial score (nSPS) is 13.2. The van der Waals surface area contributed by atoms with Gasteiger partial charge in [-0.2, -0.15) is 0 Å². The molecule has 0 heterocycles. The number of benzene rings is 3. The van der Waals surface area contributed by atoms with Crippen molar-refractivity contribution in [2.45, 2.75) is 32.1 Å². The minimum atomic E-state index is -2.64. The molecule has 158 valence electrons. The molecule has 0 bridgehead atoms. The molecular formula is C27H31BrIP. The van der Waals surface area contributed by atoms with Crippen LogP contribution in [0.1, 0.15) is 32.1 Å². The predicted octanol–water partition coefficient (Wildman–Crippen LogP) is 7.77. The summed E-state index contributed by atoms with van der Waals surface area (Å²) < 4.78 is -2.64. The molecule has 0 saturated heterocycles. The monoisotopic (exact) mass is 592 g/mol. The van der Waals surface area contributed by atoms with Crippen molar-refractivity contribution in [3.63, 3.8) is 0 Å². The Balaban J connectivity index is 2.00. The van der Waals surface area contributed by atoms with Crippen LogP contribution in [0.3, 0.4) is 0 Å².